The highest BCUT2D eigenvalue weighted by Gasteiger charge is 2.16. The van der Waals surface area contributed by atoms with E-state index in [0.717, 1.165) is 12.8 Å². The minimum atomic E-state index is -0.398. The van der Waals surface area contributed by atoms with Crippen molar-refractivity contribution in [3.8, 4) is 0 Å². The van der Waals surface area contributed by atoms with Crippen molar-refractivity contribution in [1.82, 2.24) is 0 Å². The number of carbonyl (C=O) groups is 2. The molecule has 27 heavy (non-hydrogen) atoms. The molecule has 0 unspecified atom stereocenters. The fraction of sp³-hybridized carbons (Fsp3) is 0.917. The molecule has 0 aliphatic heterocycles. The average molecular weight is 383 g/mol. The Hall–Kier alpha value is -0.860. The fourth-order valence-electron chi connectivity index (χ4n) is 3.61. The number of hydrogen-bond donors (Lipinski definition) is 0. The summed E-state index contributed by atoms with van der Waals surface area (Å²) in [5.74, 6) is -0.336. The molecule has 0 aromatic heterocycles. The van der Waals surface area contributed by atoms with Crippen molar-refractivity contribution < 1.29 is 14.3 Å². The summed E-state index contributed by atoms with van der Waals surface area (Å²) in [4.78, 5) is 23.3. The lowest BCUT2D eigenvalue weighted by atomic mass is 9.91. The van der Waals surface area contributed by atoms with E-state index in [0.29, 0.717) is 12.3 Å². The van der Waals surface area contributed by atoms with Crippen LogP contribution in [-0.4, -0.2) is 11.9 Å². The van der Waals surface area contributed by atoms with Gasteiger partial charge in [0.05, 0.1) is 0 Å². The number of hydrogen-bond acceptors (Lipinski definition) is 3. The number of rotatable bonds is 19. The molecule has 0 spiro atoms. The summed E-state index contributed by atoms with van der Waals surface area (Å²) in [6.07, 6.45) is 21.1. The second-order valence-electron chi connectivity index (χ2n) is 8.09. The second kappa shape index (κ2) is 19.9. The number of esters is 2. The van der Waals surface area contributed by atoms with E-state index in [1.807, 2.05) is 0 Å². The van der Waals surface area contributed by atoms with Crippen molar-refractivity contribution in [2.45, 2.75) is 136 Å². The predicted octanol–water partition coefficient (Wildman–Crippen LogP) is 7.75. The molecule has 0 aliphatic rings. The zero-order valence-electron chi connectivity index (χ0n) is 18.5. The first-order chi connectivity index (χ1) is 13.1. The van der Waals surface area contributed by atoms with Gasteiger partial charge in [0.15, 0.2) is 0 Å². The molecule has 160 valence electrons. The summed E-state index contributed by atoms with van der Waals surface area (Å²) in [5.41, 5.74) is 0. The molecule has 0 fully saturated rings. The Labute approximate surface area is 169 Å². The van der Waals surface area contributed by atoms with Gasteiger partial charge in [-0.25, -0.2) is 0 Å². The Morgan fingerprint density at radius 2 is 1.00 bits per heavy atom. The Bertz CT molecular complexity index is 334. The summed E-state index contributed by atoms with van der Waals surface area (Å²) in [6.45, 7) is 6.22. The molecule has 0 amide bonds. The SMILES string of the molecule is CCCCCCCCCC(CCCCCCCCC)CC(=O)OC(=O)CC. The minimum Gasteiger partial charge on any atom is -0.393 e. The van der Waals surface area contributed by atoms with E-state index in [1.165, 1.54) is 89.9 Å². The number of ether oxygens (including phenoxy) is 1. The standard InChI is InChI=1S/C24H46O3/c1-4-7-9-11-13-15-17-19-22(21-24(26)27-23(25)6-3)20-18-16-14-12-10-8-5-2/h22H,4-21H2,1-3H3. The molecule has 0 saturated heterocycles. The van der Waals surface area contributed by atoms with Gasteiger partial charge in [0.1, 0.15) is 0 Å². The minimum absolute atomic E-state index is 0.270. The quantitative estimate of drug-likeness (QED) is 0.130. The van der Waals surface area contributed by atoms with Gasteiger partial charge in [-0.15, -0.1) is 0 Å². The van der Waals surface area contributed by atoms with Gasteiger partial charge in [-0.2, -0.15) is 0 Å². The number of carbonyl (C=O) groups excluding carboxylic acids is 2. The van der Waals surface area contributed by atoms with Crippen LogP contribution in [0.25, 0.3) is 0 Å². The smallest absolute Gasteiger partial charge is 0.313 e. The first-order valence-electron chi connectivity index (χ1n) is 11.9. The third-order valence-corrected chi connectivity index (χ3v) is 5.40. The molecule has 3 nitrogen and oxygen atoms in total. The van der Waals surface area contributed by atoms with Crippen LogP contribution in [0, 0.1) is 5.92 Å². The maximum Gasteiger partial charge on any atom is 0.313 e. The second-order valence-corrected chi connectivity index (χ2v) is 8.09. The Morgan fingerprint density at radius 3 is 1.41 bits per heavy atom. The van der Waals surface area contributed by atoms with Crippen molar-refractivity contribution in [1.29, 1.82) is 0 Å². The van der Waals surface area contributed by atoms with Gasteiger partial charge < -0.3 is 4.74 Å². The number of unbranched alkanes of at least 4 members (excludes halogenated alkanes) is 12. The van der Waals surface area contributed by atoms with E-state index in [1.54, 1.807) is 6.92 Å². The Kier molecular flexibility index (Phi) is 19.3. The van der Waals surface area contributed by atoms with Crippen LogP contribution in [0.5, 0.6) is 0 Å². The van der Waals surface area contributed by atoms with Crippen LogP contribution < -0.4 is 0 Å². The van der Waals surface area contributed by atoms with Gasteiger partial charge in [-0.05, 0) is 18.8 Å². The molecular formula is C24H46O3. The molecule has 0 aliphatic carbocycles. The van der Waals surface area contributed by atoms with E-state index in [9.17, 15) is 9.59 Å². The van der Waals surface area contributed by atoms with Crippen LogP contribution in [0.1, 0.15) is 136 Å². The maximum atomic E-state index is 12.0. The highest BCUT2D eigenvalue weighted by Crippen LogP contribution is 2.23. The molecule has 0 heterocycles. The van der Waals surface area contributed by atoms with Gasteiger partial charge in [0, 0.05) is 12.8 Å². The van der Waals surface area contributed by atoms with Gasteiger partial charge >= 0.3 is 11.9 Å². The lowest BCUT2D eigenvalue weighted by Gasteiger charge is -2.16. The molecule has 0 atom stereocenters. The molecule has 0 rings (SSSR count). The molecule has 0 saturated carbocycles. The van der Waals surface area contributed by atoms with Gasteiger partial charge in [-0.3, -0.25) is 9.59 Å². The molecule has 0 N–H and O–H groups in total. The van der Waals surface area contributed by atoms with Gasteiger partial charge in [0.2, 0.25) is 0 Å². The first kappa shape index (κ1) is 26.1. The Balaban J connectivity index is 4.05. The van der Waals surface area contributed by atoms with Crippen molar-refractivity contribution in [3.63, 3.8) is 0 Å². The van der Waals surface area contributed by atoms with Crippen molar-refractivity contribution >= 4 is 11.9 Å². The van der Waals surface area contributed by atoms with E-state index in [4.69, 9.17) is 4.74 Å². The zero-order valence-corrected chi connectivity index (χ0v) is 18.5. The monoisotopic (exact) mass is 382 g/mol. The molecule has 0 radical (unpaired) electrons. The van der Waals surface area contributed by atoms with Crippen molar-refractivity contribution in [2.24, 2.45) is 5.92 Å². The van der Waals surface area contributed by atoms with E-state index in [2.05, 4.69) is 13.8 Å². The lowest BCUT2D eigenvalue weighted by molar-refractivity contribution is -0.160. The van der Waals surface area contributed by atoms with Gasteiger partial charge in [-0.1, -0.05) is 111 Å². The van der Waals surface area contributed by atoms with Crippen LogP contribution in [0.3, 0.4) is 0 Å². The zero-order chi connectivity index (χ0) is 20.2. The van der Waals surface area contributed by atoms with Crippen molar-refractivity contribution in [2.75, 3.05) is 0 Å². The normalized spacial score (nSPS) is 11.1. The Morgan fingerprint density at radius 1 is 0.593 bits per heavy atom. The van der Waals surface area contributed by atoms with E-state index < -0.39 is 5.97 Å². The topological polar surface area (TPSA) is 43.4 Å². The highest BCUT2D eigenvalue weighted by molar-refractivity contribution is 5.85. The van der Waals surface area contributed by atoms with Crippen LogP contribution in [0.2, 0.25) is 0 Å². The lowest BCUT2D eigenvalue weighted by Crippen LogP contribution is -2.15. The molecular weight excluding hydrogens is 336 g/mol. The summed E-state index contributed by atoms with van der Waals surface area (Å²) in [6, 6.07) is 0. The average Bonchev–Trinajstić information content (AvgIpc) is 2.66. The summed E-state index contributed by atoms with van der Waals surface area (Å²) in [5, 5.41) is 0. The highest BCUT2D eigenvalue weighted by atomic mass is 16.6. The summed E-state index contributed by atoms with van der Waals surface area (Å²) >= 11 is 0. The molecule has 0 aromatic rings. The third-order valence-electron chi connectivity index (χ3n) is 5.40. The summed E-state index contributed by atoms with van der Waals surface area (Å²) in [7, 11) is 0. The van der Waals surface area contributed by atoms with Crippen LogP contribution >= 0.6 is 0 Å². The van der Waals surface area contributed by atoms with Gasteiger partial charge in [0.25, 0.3) is 0 Å². The third kappa shape index (κ3) is 18.3. The maximum absolute atomic E-state index is 12.0. The van der Waals surface area contributed by atoms with Crippen LogP contribution in [-0.2, 0) is 14.3 Å². The fourth-order valence-corrected chi connectivity index (χ4v) is 3.61. The van der Waals surface area contributed by atoms with Crippen molar-refractivity contribution in [3.05, 3.63) is 0 Å². The first-order valence-corrected chi connectivity index (χ1v) is 11.9. The summed E-state index contributed by atoms with van der Waals surface area (Å²) < 4.78 is 4.90. The molecule has 3 heteroatoms. The largest absolute Gasteiger partial charge is 0.393 e. The van der Waals surface area contributed by atoms with E-state index >= 15 is 0 Å². The van der Waals surface area contributed by atoms with Crippen LogP contribution in [0.15, 0.2) is 0 Å². The molecule has 0 aromatic carbocycles. The van der Waals surface area contributed by atoms with E-state index in [-0.39, 0.29) is 12.4 Å². The predicted molar refractivity (Wildman–Crippen MR) is 115 cm³/mol. The van der Waals surface area contributed by atoms with Crippen LogP contribution in [0.4, 0.5) is 0 Å². The molecule has 0 bridgehead atoms.